The van der Waals surface area contributed by atoms with Gasteiger partial charge in [-0.15, -0.1) is 0 Å². The SMILES string of the molecule is NCc1ccc2ccnc(Cl)c2c1. The minimum absolute atomic E-state index is 0.529. The Hall–Kier alpha value is -1.12. The monoisotopic (exact) mass is 192 g/mol. The van der Waals surface area contributed by atoms with Crippen molar-refractivity contribution >= 4 is 22.4 Å². The lowest BCUT2D eigenvalue weighted by Gasteiger charge is -2.01. The largest absolute Gasteiger partial charge is 0.326 e. The van der Waals surface area contributed by atoms with Crippen LogP contribution in [0.3, 0.4) is 0 Å². The highest BCUT2D eigenvalue weighted by Crippen LogP contribution is 2.21. The third-order valence-electron chi connectivity index (χ3n) is 2.02. The molecule has 0 saturated heterocycles. The van der Waals surface area contributed by atoms with Crippen LogP contribution in [0.1, 0.15) is 5.56 Å². The molecule has 0 amide bonds. The number of halogens is 1. The van der Waals surface area contributed by atoms with Gasteiger partial charge < -0.3 is 5.73 Å². The molecule has 2 rings (SSSR count). The summed E-state index contributed by atoms with van der Waals surface area (Å²) in [7, 11) is 0. The van der Waals surface area contributed by atoms with Gasteiger partial charge in [0.2, 0.25) is 0 Å². The molecule has 0 atom stereocenters. The molecule has 0 spiro atoms. The summed E-state index contributed by atoms with van der Waals surface area (Å²) in [5, 5.41) is 2.59. The molecule has 2 N–H and O–H groups in total. The van der Waals surface area contributed by atoms with Crippen molar-refractivity contribution in [2.75, 3.05) is 0 Å². The molecule has 1 heterocycles. The second-order valence-corrected chi connectivity index (χ2v) is 3.22. The molecule has 0 aliphatic heterocycles. The van der Waals surface area contributed by atoms with Crippen LogP contribution in [0.5, 0.6) is 0 Å². The van der Waals surface area contributed by atoms with Gasteiger partial charge in [-0.1, -0.05) is 23.7 Å². The van der Waals surface area contributed by atoms with E-state index in [1.54, 1.807) is 6.20 Å². The topological polar surface area (TPSA) is 38.9 Å². The molecule has 0 saturated carbocycles. The lowest BCUT2D eigenvalue weighted by atomic mass is 10.1. The van der Waals surface area contributed by atoms with Crippen LogP contribution in [-0.4, -0.2) is 4.98 Å². The number of benzene rings is 1. The van der Waals surface area contributed by atoms with Crippen molar-refractivity contribution in [1.82, 2.24) is 4.98 Å². The average molecular weight is 193 g/mol. The summed E-state index contributed by atoms with van der Waals surface area (Å²) in [6, 6.07) is 7.91. The number of nitrogens with two attached hydrogens (primary N) is 1. The standard InChI is InChI=1S/C10H9ClN2/c11-10-9-5-7(6-12)1-2-8(9)3-4-13-10/h1-5H,6,12H2. The molecular weight excluding hydrogens is 184 g/mol. The van der Waals surface area contributed by atoms with Gasteiger partial charge >= 0.3 is 0 Å². The zero-order valence-electron chi connectivity index (χ0n) is 7.00. The number of pyridine rings is 1. The Morgan fingerprint density at radius 1 is 1.31 bits per heavy atom. The Morgan fingerprint density at radius 2 is 2.15 bits per heavy atom. The summed E-state index contributed by atoms with van der Waals surface area (Å²) in [5.41, 5.74) is 6.60. The van der Waals surface area contributed by atoms with Gasteiger partial charge in [0, 0.05) is 18.1 Å². The van der Waals surface area contributed by atoms with Gasteiger partial charge in [0.1, 0.15) is 5.15 Å². The van der Waals surface area contributed by atoms with Crippen LogP contribution in [0, 0.1) is 0 Å². The fourth-order valence-corrected chi connectivity index (χ4v) is 1.53. The van der Waals surface area contributed by atoms with Gasteiger partial charge in [0.15, 0.2) is 0 Å². The van der Waals surface area contributed by atoms with Gasteiger partial charge in [-0.2, -0.15) is 0 Å². The van der Waals surface area contributed by atoms with Gasteiger partial charge in [-0.3, -0.25) is 0 Å². The lowest BCUT2D eigenvalue weighted by molar-refractivity contribution is 1.07. The van der Waals surface area contributed by atoms with E-state index in [4.69, 9.17) is 17.3 Å². The molecule has 2 aromatic rings. The molecule has 0 bridgehead atoms. The van der Waals surface area contributed by atoms with Gasteiger partial charge in [-0.25, -0.2) is 4.98 Å². The Balaban J connectivity index is 2.74. The first-order chi connectivity index (χ1) is 6.31. The molecule has 2 nitrogen and oxygen atoms in total. The fourth-order valence-electron chi connectivity index (χ4n) is 1.31. The van der Waals surface area contributed by atoms with Gasteiger partial charge in [0.05, 0.1) is 0 Å². The van der Waals surface area contributed by atoms with Crippen molar-refractivity contribution < 1.29 is 0 Å². The van der Waals surface area contributed by atoms with E-state index in [2.05, 4.69) is 4.98 Å². The fraction of sp³-hybridized carbons (Fsp3) is 0.100. The van der Waals surface area contributed by atoms with Crippen LogP contribution < -0.4 is 5.73 Å². The molecular formula is C10H9ClN2. The van der Waals surface area contributed by atoms with Crippen LogP contribution in [0.2, 0.25) is 5.15 Å². The van der Waals surface area contributed by atoms with Crippen molar-refractivity contribution in [1.29, 1.82) is 0 Å². The van der Waals surface area contributed by atoms with Crippen LogP contribution in [0.15, 0.2) is 30.5 Å². The highest BCUT2D eigenvalue weighted by molar-refractivity contribution is 6.34. The predicted molar refractivity (Wildman–Crippen MR) is 54.6 cm³/mol. The van der Waals surface area contributed by atoms with Crippen LogP contribution in [0.4, 0.5) is 0 Å². The second kappa shape index (κ2) is 3.32. The summed E-state index contributed by atoms with van der Waals surface area (Å²) in [5.74, 6) is 0. The molecule has 0 fully saturated rings. The van der Waals surface area contributed by atoms with E-state index in [0.717, 1.165) is 16.3 Å². The van der Waals surface area contributed by atoms with E-state index in [1.165, 1.54) is 0 Å². The summed E-state index contributed by atoms with van der Waals surface area (Å²) in [6.45, 7) is 0.529. The molecule has 0 radical (unpaired) electrons. The maximum absolute atomic E-state index is 5.93. The molecule has 13 heavy (non-hydrogen) atoms. The predicted octanol–water partition coefficient (Wildman–Crippen LogP) is 2.35. The first-order valence-electron chi connectivity index (χ1n) is 4.04. The summed E-state index contributed by atoms with van der Waals surface area (Å²) in [6.07, 6.45) is 1.70. The summed E-state index contributed by atoms with van der Waals surface area (Å²) in [4.78, 5) is 4.01. The minimum Gasteiger partial charge on any atom is -0.326 e. The van der Waals surface area contributed by atoms with E-state index in [-0.39, 0.29) is 0 Å². The second-order valence-electron chi connectivity index (χ2n) is 2.86. The highest BCUT2D eigenvalue weighted by Gasteiger charge is 1.99. The minimum atomic E-state index is 0.529. The number of aromatic nitrogens is 1. The maximum Gasteiger partial charge on any atom is 0.136 e. The number of hydrogen-bond donors (Lipinski definition) is 1. The van der Waals surface area contributed by atoms with Crippen LogP contribution >= 0.6 is 11.6 Å². The van der Waals surface area contributed by atoms with E-state index in [0.29, 0.717) is 11.7 Å². The van der Waals surface area contributed by atoms with Crippen molar-refractivity contribution in [3.63, 3.8) is 0 Å². The number of hydrogen-bond acceptors (Lipinski definition) is 2. The normalized spacial score (nSPS) is 10.6. The van der Waals surface area contributed by atoms with Crippen LogP contribution in [-0.2, 0) is 6.54 Å². The quantitative estimate of drug-likeness (QED) is 0.705. The molecule has 3 heteroatoms. The van der Waals surface area contributed by atoms with Crippen LogP contribution in [0.25, 0.3) is 10.8 Å². The number of rotatable bonds is 1. The zero-order chi connectivity index (χ0) is 9.26. The number of nitrogens with zero attached hydrogens (tertiary/aromatic N) is 1. The Labute approximate surface area is 81.3 Å². The molecule has 0 aliphatic carbocycles. The van der Waals surface area contributed by atoms with E-state index >= 15 is 0 Å². The van der Waals surface area contributed by atoms with Gasteiger partial charge in [-0.05, 0) is 23.1 Å². The molecule has 1 aromatic carbocycles. The van der Waals surface area contributed by atoms with Crippen molar-refractivity contribution in [3.8, 4) is 0 Å². The van der Waals surface area contributed by atoms with E-state index in [9.17, 15) is 0 Å². The highest BCUT2D eigenvalue weighted by atomic mass is 35.5. The van der Waals surface area contributed by atoms with Crippen molar-refractivity contribution in [3.05, 3.63) is 41.2 Å². The third kappa shape index (κ3) is 1.50. The zero-order valence-corrected chi connectivity index (χ0v) is 7.75. The third-order valence-corrected chi connectivity index (χ3v) is 2.32. The van der Waals surface area contributed by atoms with Gasteiger partial charge in [0.25, 0.3) is 0 Å². The summed E-state index contributed by atoms with van der Waals surface area (Å²) >= 11 is 5.93. The number of fused-ring (bicyclic) bond motifs is 1. The first-order valence-corrected chi connectivity index (χ1v) is 4.42. The first kappa shape index (κ1) is 8.48. The Bertz CT molecular complexity index is 440. The smallest absolute Gasteiger partial charge is 0.136 e. The molecule has 0 unspecified atom stereocenters. The van der Waals surface area contributed by atoms with E-state index < -0.39 is 0 Å². The average Bonchev–Trinajstić information content (AvgIpc) is 2.18. The molecule has 66 valence electrons. The van der Waals surface area contributed by atoms with Crippen molar-refractivity contribution in [2.24, 2.45) is 5.73 Å². The molecule has 0 aliphatic rings. The Kier molecular flexibility index (Phi) is 2.17. The molecule has 1 aromatic heterocycles. The Morgan fingerprint density at radius 3 is 2.92 bits per heavy atom. The summed E-state index contributed by atoms with van der Waals surface area (Å²) < 4.78 is 0. The van der Waals surface area contributed by atoms with Crippen molar-refractivity contribution in [2.45, 2.75) is 6.54 Å². The maximum atomic E-state index is 5.93. The van der Waals surface area contributed by atoms with E-state index in [1.807, 2.05) is 24.3 Å². The lowest BCUT2D eigenvalue weighted by Crippen LogP contribution is -1.95.